The summed E-state index contributed by atoms with van der Waals surface area (Å²) in [5, 5.41) is 0. The van der Waals surface area contributed by atoms with Crippen molar-refractivity contribution in [1.29, 1.82) is 0 Å². The summed E-state index contributed by atoms with van der Waals surface area (Å²) in [5.74, 6) is -1.34. The molecule has 0 aromatic rings. The Hall–Kier alpha value is -1.78. The van der Waals surface area contributed by atoms with Crippen LogP contribution in [-0.2, 0) is 19.1 Å². The van der Waals surface area contributed by atoms with Gasteiger partial charge in [0.15, 0.2) is 0 Å². The standard InChI is InChI=1S/C20H31NO4/c1-24-19(22)18(20(23)25-2)14-9-15-21(16-10-5-3-6-11-16)17-12-7-4-8-13-17/h9,14-17H,3-8,10-13H2,1-2H3/b15-9+. The van der Waals surface area contributed by atoms with E-state index in [1.807, 2.05) is 0 Å². The summed E-state index contributed by atoms with van der Waals surface area (Å²) in [7, 11) is 2.53. The highest BCUT2D eigenvalue weighted by molar-refractivity contribution is 6.14. The Morgan fingerprint density at radius 1 is 0.800 bits per heavy atom. The quantitative estimate of drug-likeness (QED) is 0.240. The molecule has 0 radical (unpaired) electrons. The van der Waals surface area contributed by atoms with Gasteiger partial charge >= 0.3 is 11.9 Å². The molecule has 2 aliphatic rings. The van der Waals surface area contributed by atoms with Gasteiger partial charge in [0.05, 0.1) is 14.2 Å². The maximum absolute atomic E-state index is 11.8. The van der Waals surface area contributed by atoms with E-state index in [1.165, 1.54) is 84.5 Å². The third-order valence-corrected chi connectivity index (χ3v) is 5.32. The van der Waals surface area contributed by atoms with Crippen LogP contribution in [0.4, 0.5) is 0 Å². The lowest BCUT2D eigenvalue weighted by molar-refractivity contribution is -0.144. The van der Waals surface area contributed by atoms with Crippen LogP contribution >= 0.6 is 0 Å². The van der Waals surface area contributed by atoms with Crippen molar-refractivity contribution in [3.8, 4) is 0 Å². The molecule has 0 aromatic carbocycles. The van der Waals surface area contributed by atoms with E-state index >= 15 is 0 Å². The number of methoxy groups -OCH3 is 2. The number of allylic oxidation sites excluding steroid dienone is 2. The molecule has 2 fully saturated rings. The Kier molecular flexibility index (Phi) is 8.02. The molecule has 2 rings (SSSR count). The number of rotatable bonds is 6. The highest BCUT2D eigenvalue weighted by atomic mass is 16.5. The second-order valence-corrected chi connectivity index (χ2v) is 6.94. The number of carbonyl (C=O) groups is 2. The third-order valence-electron chi connectivity index (χ3n) is 5.32. The van der Waals surface area contributed by atoms with Crippen molar-refractivity contribution in [1.82, 2.24) is 4.90 Å². The van der Waals surface area contributed by atoms with Gasteiger partial charge in [0.1, 0.15) is 5.57 Å². The first kappa shape index (κ1) is 19.5. The van der Waals surface area contributed by atoms with Crippen molar-refractivity contribution >= 4 is 11.9 Å². The summed E-state index contributed by atoms with van der Waals surface area (Å²) in [4.78, 5) is 26.0. The molecule has 0 unspecified atom stereocenters. The van der Waals surface area contributed by atoms with Crippen molar-refractivity contribution in [3.05, 3.63) is 23.9 Å². The molecule has 5 nitrogen and oxygen atoms in total. The minimum Gasteiger partial charge on any atom is -0.465 e. The van der Waals surface area contributed by atoms with Crippen LogP contribution in [0.25, 0.3) is 0 Å². The average molecular weight is 349 g/mol. The van der Waals surface area contributed by atoms with E-state index in [2.05, 4.69) is 20.6 Å². The van der Waals surface area contributed by atoms with Gasteiger partial charge < -0.3 is 14.4 Å². The van der Waals surface area contributed by atoms with E-state index in [4.69, 9.17) is 0 Å². The lowest BCUT2D eigenvalue weighted by atomic mass is 9.89. The van der Waals surface area contributed by atoms with Crippen molar-refractivity contribution < 1.29 is 19.1 Å². The fourth-order valence-corrected chi connectivity index (χ4v) is 3.98. The predicted octanol–water partition coefficient (Wildman–Crippen LogP) is 3.74. The maximum Gasteiger partial charge on any atom is 0.345 e. The van der Waals surface area contributed by atoms with Gasteiger partial charge in [-0.05, 0) is 44.0 Å². The third kappa shape index (κ3) is 5.62. The Labute approximate surface area is 151 Å². The smallest absolute Gasteiger partial charge is 0.345 e. The lowest BCUT2D eigenvalue weighted by Crippen LogP contribution is -2.41. The molecule has 140 valence electrons. The van der Waals surface area contributed by atoms with E-state index < -0.39 is 11.9 Å². The maximum atomic E-state index is 11.8. The Morgan fingerprint density at radius 3 is 1.64 bits per heavy atom. The highest BCUT2D eigenvalue weighted by Crippen LogP contribution is 2.30. The fraction of sp³-hybridized carbons (Fsp3) is 0.700. The Balaban J connectivity index is 2.15. The van der Waals surface area contributed by atoms with E-state index in [-0.39, 0.29) is 5.57 Å². The van der Waals surface area contributed by atoms with Crippen molar-refractivity contribution in [2.75, 3.05) is 14.2 Å². The summed E-state index contributed by atoms with van der Waals surface area (Å²) >= 11 is 0. The minimum atomic E-state index is -0.668. The SMILES string of the molecule is COC(=O)C(=C/C=C/N(C1CCCCC1)C1CCCCC1)C(=O)OC. The number of nitrogens with zero attached hydrogens (tertiary/aromatic N) is 1. The number of hydrogen-bond acceptors (Lipinski definition) is 5. The number of carbonyl (C=O) groups excluding carboxylic acids is 2. The van der Waals surface area contributed by atoms with Crippen LogP contribution < -0.4 is 0 Å². The van der Waals surface area contributed by atoms with Crippen LogP contribution in [0.2, 0.25) is 0 Å². The molecule has 0 heterocycles. The lowest BCUT2D eigenvalue weighted by Gasteiger charge is -2.41. The molecule has 0 saturated heterocycles. The first-order valence-electron chi connectivity index (χ1n) is 9.50. The van der Waals surface area contributed by atoms with E-state index in [0.717, 1.165) is 0 Å². The van der Waals surface area contributed by atoms with Gasteiger partial charge in [0.2, 0.25) is 0 Å². The molecule has 0 aromatic heterocycles. The monoisotopic (exact) mass is 349 g/mol. The summed E-state index contributed by atoms with van der Waals surface area (Å²) in [5.41, 5.74) is -0.0755. The molecule has 25 heavy (non-hydrogen) atoms. The van der Waals surface area contributed by atoms with E-state index in [0.29, 0.717) is 12.1 Å². The van der Waals surface area contributed by atoms with E-state index in [1.54, 1.807) is 6.08 Å². The summed E-state index contributed by atoms with van der Waals surface area (Å²) in [6, 6.07) is 1.14. The van der Waals surface area contributed by atoms with Gasteiger partial charge in [-0.25, -0.2) is 9.59 Å². The van der Waals surface area contributed by atoms with Crippen molar-refractivity contribution in [2.45, 2.75) is 76.3 Å². The average Bonchev–Trinajstić information content (AvgIpc) is 2.68. The topological polar surface area (TPSA) is 55.8 Å². The Bertz CT molecular complexity index is 464. The van der Waals surface area contributed by atoms with Gasteiger partial charge in [-0.1, -0.05) is 38.5 Å². The first-order valence-corrected chi connectivity index (χ1v) is 9.50. The largest absolute Gasteiger partial charge is 0.465 e. The number of ether oxygens (including phenoxy) is 2. The Morgan fingerprint density at radius 2 is 1.24 bits per heavy atom. The van der Waals surface area contributed by atoms with Gasteiger partial charge in [-0.15, -0.1) is 0 Å². The van der Waals surface area contributed by atoms with Crippen molar-refractivity contribution in [3.63, 3.8) is 0 Å². The van der Waals surface area contributed by atoms with Gasteiger partial charge in [-0.2, -0.15) is 0 Å². The van der Waals surface area contributed by atoms with Crippen LogP contribution in [0.3, 0.4) is 0 Å². The summed E-state index contributed by atoms with van der Waals surface area (Å²) in [6.45, 7) is 0. The molecule has 5 heteroatoms. The molecule has 0 bridgehead atoms. The zero-order valence-corrected chi connectivity index (χ0v) is 15.5. The molecule has 0 N–H and O–H groups in total. The first-order chi connectivity index (χ1) is 12.2. The second kappa shape index (κ2) is 10.3. The molecule has 0 amide bonds. The molecule has 0 spiro atoms. The van der Waals surface area contributed by atoms with E-state index in [9.17, 15) is 9.59 Å². The zero-order valence-electron chi connectivity index (χ0n) is 15.5. The number of hydrogen-bond donors (Lipinski definition) is 0. The summed E-state index contributed by atoms with van der Waals surface area (Å²) < 4.78 is 9.34. The number of esters is 2. The van der Waals surface area contributed by atoms with Gasteiger partial charge in [-0.3, -0.25) is 0 Å². The normalized spacial score (nSPS) is 19.4. The second-order valence-electron chi connectivity index (χ2n) is 6.94. The van der Waals surface area contributed by atoms with Gasteiger partial charge in [0.25, 0.3) is 0 Å². The molecule has 0 aliphatic heterocycles. The van der Waals surface area contributed by atoms with Crippen LogP contribution in [-0.4, -0.2) is 43.1 Å². The fourth-order valence-electron chi connectivity index (χ4n) is 3.98. The van der Waals surface area contributed by atoms with Crippen LogP contribution in [0.5, 0.6) is 0 Å². The van der Waals surface area contributed by atoms with Crippen LogP contribution in [0, 0.1) is 0 Å². The molecule has 2 saturated carbocycles. The molecule has 0 atom stereocenters. The van der Waals surface area contributed by atoms with Crippen molar-refractivity contribution in [2.24, 2.45) is 0 Å². The minimum absolute atomic E-state index is 0.0755. The van der Waals surface area contributed by atoms with Gasteiger partial charge in [0, 0.05) is 12.1 Å². The van der Waals surface area contributed by atoms with Crippen LogP contribution in [0.15, 0.2) is 23.9 Å². The molecule has 2 aliphatic carbocycles. The van der Waals surface area contributed by atoms with Crippen LogP contribution in [0.1, 0.15) is 64.2 Å². The predicted molar refractivity (Wildman–Crippen MR) is 96.8 cm³/mol. The molecular weight excluding hydrogens is 318 g/mol. The molecular formula is C20H31NO4. The zero-order chi connectivity index (χ0) is 18.1. The highest BCUT2D eigenvalue weighted by Gasteiger charge is 2.26. The summed E-state index contributed by atoms with van der Waals surface area (Å²) in [6.07, 6.45) is 18.1.